The minimum atomic E-state index is -0.100. The monoisotopic (exact) mass is 357 g/mol. The van der Waals surface area contributed by atoms with Gasteiger partial charge in [-0.15, -0.1) is 0 Å². The zero-order chi connectivity index (χ0) is 18.1. The van der Waals surface area contributed by atoms with Gasteiger partial charge >= 0.3 is 0 Å². The van der Waals surface area contributed by atoms with Gasteiger partial charge < -0.3 is 23.5 Å². The zero-order valence-electron chi connectivity index (χ0n) is 15.1. The molecule has 4 rings (SSSR count). The molecule has 2 aliphatic rings. The van der Waals surface area contributed by atoms with E-state index in [1.807, 2.05) is 25.1 Å². The van der Waals surface area contributed by atoms with Crippen LogP contribution in [0.4, 0.5) is 0 Å². The third-order valence-electron chi connectivity index (χ3n) is 4.99. The van der Waals surface area contributed by atoms with Gasteiger partial charge in [-0.05, 0) is 37.1 Å². The predicted molar refractivity (Wildman–Crippen MR) is 97.2 cm³/mol. The van der Waals surface area contributed by atoms with Gasteiger partial charge in [0.2, 0.25) is 0 Å². The number of fused-ring (bicyclic) bond motifs is 3. The lowest BCUT2D eigenvalue weighted by atomic mass is 9.94. The molecule has 3 heterocycles. The second kappa shape index (κ2) is 7.13. The Labute approximate surface area is 152 Å². The second-order valence-electron chi connectivity index (χ2n) is 6.62. The maximum absolute atomic E-state index is 12.5. The predicted octanol–water partition coefficient (Wildman–Crippen LogP) is 2.18. The van der Waals surface area contributed by atoms with E-state index < -0.39 is 0 Å². The number of pyridine rings is 1. The summed E-state index contributed by atoms with van der Waals surface area (Å²) in [6, 6.07) is 7.58. The Hall–Kier alpha value is -2.31. The lowest BCUT2D eigenvalue weighted by Crippen LogP contribution is -2.34. The van der Waals surface area contributed by atoms with Gasteiger partial charge in [0.05, 0.1) is 32.6 Å². The Bertz CT molecular complexity index is 867. The number of methoxy groups -OCH3 is 1. The highest BCUT2D eigenvalue weighted by molar-refractivity contribution is 5.70. The van der Waals surface area contributed by atoms with Crippen LogP contribution in [-0.2, 0) is 22.4 Å². The molecule has 1 saturated heterocycles. The number of aromatic nitrogens is 1. The largest absolute Gasteiger partial charge is 0.497 e. The van der Waals surface area contributed by atoms with Crippen molar-refractivity contribution in [3.63, 3.8) is 0 Å². The van der Waals surface area contributed by atoms with Gasteiger partial charge in [-0.25, -0.2) is 0 Å². The van der Waals surface area contributed by atoms with Gasteiger partial charge in [-0.1, -0.05) is 0 Å². The fourth-order valence-electron chi connectivity index (χ4n) is 3.59. The molecule has 0 amide bonds. The van der Waals surface area contributed by atoms with E-state index in [0.717, 1.165) is 35.5 Å². The summed E-state index contributed by atoms with van der Waals surface area (Å²) in [6.45, 7) is 4.72. The smallest absolute Gasteiger partial charge is 0.197 e. The van der Waals surface area contributed by atoms with Gasteiger partial charge in [-0.3, -0.25) is 4.79 Å². The first-order valence-electron chi connectivity index (χ1n) is 8.91. The van der Waals surface area contributed by atoms with Gasteiger partial charge in [0, 0.05) is 23.7 Å². The van der Waals surface area contributed by atoms with Crippen LogP contribution in [-0.4, -0.2) is 44.2 Å². The van der Waals surface area contributed by atoms with Gasteiger partial charge in [0.25, 0.3) is 0 Å². The Balaban J connectivity index is 1.70. The van der Waals surface area contributed by atoms with E-state index in [2.05, 4.69) is 4.57 Å². The van der Waals surface area contributed by atoms with Gasteiger partial charge in [0.15, 0.2) is 11.3 Å². The maximum Gasteiger partial charge on any atom is 0.197 e. The summed E-state index contributed by atoms with van der Waals surface area (Å²) in [6.07, 6.45) is 0.762. The average molecular weight is 357 g/mol. The van der Waals surface area contributed by atoms with Crippen molar-refractivity contribution < 1.29 is 18.9 Å². The molecule has 0 bridgehead atoms. The Morgan fingerprint density at radius 3 is 2.92 bits per heavy atom. The summed E-state index contributed by atoms with van der Waals surface area (Å²) in [7, 11) is 1.66. The van der Waals surface area contributed by atoms with Crippen LogP contribution in [0.2, 0.25) is 0 Å². The van der Waals surface area contributed by atoms with Crippen molar-refractivity contribution in [3.8, 4) is 22.9 Å². The fraction of sp³-hybridized carbons (Fsp3) is 0.450. The molecule has 0 N–H and O–H groups in total. The van der Waals surface area contributed by atoms with Crippen LogP contribution < -0.4 is 14.9 Å². The third kappa shape index (κ3) is 3.10. The number of ether oxygens (including phenoxy) is 4. The molecule has 1 fully saturated rings. The first kappa shape index (κ1) is 17.1. The molecule has 0 spiro atoms. The summed E-state index contributed by atoms with van der Waals surface area (Å²) in [5.74, 6) is 1.42. The summed E-state index contributed by atoms with van der Waals surface area (Å²) < 4.78 is 24.4. The molecule has 1 unspecified atom stereocenters. The first-order chi connectivity index (χ1) is 12.7. The summed E-state index contributed by atoms with van der Waals surface area (Å²) in [5, 5.41) is 0. The Kier molecular flexibility index (Phi) is 4.70. The van der Waals surface area contributed by atoms with Crippen LogP contribution in [0.5, 0.6) is 11.6 Å². The van der Waals surface area contributed by atoms with Crippen molar-refractivity contribution in [2.24, 2.45) is 0 Å². The van der Waals surface area contributed by atoms with Crippen molar-refractivity contribution in [3.05, 3.63) is 45.6 Å². The van der Waals surface area contributed by atoms with Crippen LogP contribution >= 0.6 is 0 Å². The highest BCUT2D eigenvalue weighted by Gasteiger charge is 2.23. The van der Waals surface area contributed by atoms with Crippen LogP contribution in [0, 0.1) is 6.92 Å². The van der Waals surface area contributed by atoms with E-state index in [9.17, 15) is 4.79 Å². The molecular weight excluding hydrogens is 334 g/mol. The van der Waals surface area contributed by atoms with Crippen molar-refractivity contribution in [1.82, 2.24) is 4.57 Å². The number of rotatable bonds is 4. The average Bonchev–Trinajstić information content (AvgIpc) is 2.69. The molecule has 2 aliphatic heterocycles. The standard InChI is InChI=1S/C20H23NO5/c1-13-18(22)10-19(26-12-16-11-24-7-8-25-16)21-6-5-14-9-15(23-2)3-4-17(14)20(13)21/h3-4,9-10,16H,5-8,11-12H2,1-2H3. The Morgan fingerprint density at radius 1 is 1.27 bits per heavy atom. The molecular formula is C20H23NO5. The maximum atomic E-state index is 12.5. The molecule has 0 radical (unpaired) electrons. The molecule has 26 heavy (non-hydrogen) atoms. The van der Waals surface area contributed by atoms with Crippen LogP contribution in [0.15, 0.2) is 29.1 Å². The molecule has 0 aliphatic carbocycles. The van der Waals surface area contributed by atoms with E-state index in [1.165, 1.54) is 5.56 Å². The molecule has 2 aromatic rings. The van der Waals surface area contributed by atoms with E-state index in [0.29, 0.717) is 32.3 Å². The van der Waals surface area contributed by atoms with E-state index >= 15 is 0 Å². The third-order valence-corrected chi connectivity index (χ3v) is 4.99. The number of aryl methyl sites for hydroxylation is 1. The summed E-state index contributed by atoms with van der Waals surface area (Å²) >= 11 is 0. The molecule has 1 aromatic heterocycles. The summed E-state index contributed by atoms with van der Waals surface area (Å²) in [5.41, 5.74) is 3.90. The minimum absolute atomic E-state index is 0.0178. The van der Waals surface area contributed by atoms with Crippen molar-refractivity contribution >= 4 is 0 Å². The van der Waals surface area contributed by atoms with E-state index in [-0.39, 0.29) is 11.5 Å². The zero-order valence-corrected chi connectivity index (χ0v) is 15.1. The van der Waals surface area contributed by atoms with Gasteiger partial charge in [-0.2, -0.15) is 0 Å². The van der Waals surface area contributed by atoms with Crippen LogP contribution in [0.25, 0.3) is 11.3 Å². The van der Waals surface area contributed by atoms with Crippen LogP contribution in [0.3, 0.4) is 0 Å². The molecule has 1 atom stereocenters. The van der Waals surface area contributed by atoms with Crippen LogP contribution in [0.1, 0.15) is 11.1 Å². The highest BCUT2D eigenvalue weighted by Crippen LogP contribution is 2.35. The van der Waals surface area contributed by atoms with Gasteiger partial charge in [0.1, 0.15) is 18.5 Å². The molecule has 6 nitrogen and oxygen atoms in total. The number of nitrogens with zero attached hydrogens (tertiary/aromatic N) is 1. The number of benzene rings is 1. The molecule has 0 saturated carbocycles. The molecule has 6 heteroatoms. The normalized spacial score (nSPS) is 18.8. The summed E-state index contributed by atoms with van der Waals surface area (Å²) in [4.78, 5) is 12.5. The lowest BCUT2D eigenvalue weighted by Gasteiger charge is -2.28. The quantitative estimate of drug-likeness (QED) is 0.839. The highest BCUT2D eigenvalue weighted by atomic mass is 16.6. The van der Waals surface area contributed by atoms with E-state index in [4.69, 9.17) is 18.9 Å². The van der Waals surface area contributed by atoms with E-state index in [1.54, 1.807) is 13.2 Å². The lowest BCUT2D eigenvalue weighted by molar-refractivity contribution is -0.102. The van der Waals surface area contributed by atoms with Crippen molar-refractivity contribution in [1.29, 1.82) is 0 Å². The second-order valence-corrected chi connectivity index (χ2v) is 6.62. The molecule has 138 valence electrons. The first-order valence-corrected chi connectivity index (χ1v) is 8.91. The fourth-order valence-corrected chi connectivity index (χ4v) is 3.59. The van der Waals surface area contributed by atoms with Crippen molar-refractivity contribution in [2.75, 3.05) is 33.5 Å². The number of hydrogen-bond acceptors (Lipinski definition) is 5. The minimum Gasteiger partial charge on any atom is -0.497 e. The number of hydrogen-bond donors (Lipinski definition) is 0. The SMILES string of the molecule is COc1ccc2c(c1)CCn1c(OCC3COCCO3)cc(=O)c(C)c1-2. The van der Waals surface area contributed by atoms with Crippen molar-refractivity contribution in [2.45, 2.75) is 26.0 Å². The Morgan fingerprint density at radius 2 is 2.15 bits per heavy atom. The molecule has 1 aromatic carbocycles. The topological polar surface area (TPSA) is 58.9 Å².